The van der Waals surface area contributed by atoms with E-state index in [0.717, 1.165) is 50.9 Å². The Morgan fingerprint density at radius 1 is 1.15 bits per heavy atom. The molecule has 1 amide bonds. The van der Waals surface area contributed by atoms with Crippen LogP contribution in [-0.2, 0) is 9.59 Å². The quantitative estimate of drug-likeness (QED) is 0.367. The van der Waals surface area contributed by atoms with Crippen LogP contribution in [0.1, 0.15) is 50.5 Å². The van der Waals surface area contributed by atoms with Crippen LogP contribution in [0.2, 0.25) is 0 Å². The number of fused-ring (bicyclic) bond motifs is 2. The van der Waals surface area contributed by atoms with E-state index in [1.54, 1.807) is 0 Å². The van der Waals surface area contributed by atoms with Crippen LogP contribution in [0.15, 0.2) is 24.3 Å². The summed E-state index contributed by atoms with van der Waals surface area (Å²) in [6, 6.07) is 7.46. The highest BCUT2D eigenvalue weighted by Gasteiger charge is 2.49. The number of nitrogens with zero attached hydrogens (tertiary/aromatic N) is 2. The molecule has 2 bridgehead atoms. The number of Topliss-reactive ketones (excluding diaryl/α,β-unsaturated/α-hetero) is 1. The van der Waals surface area contributed by atoms with Crippen LogP contribution in [0.4, 0.5) is 4.39 Å². The lowest BCUT2D eigenvalue weighted by Crippen LogP contribution is -2.51. The second-order valence-corrected chi connectivity index (χ2v) is 10.1. The predicted molar refractivity (Wildman–Crippen MR) is 138 cm³/mol. The molecule has 3 rings (SSSR count). The molecule has 0 saturated carbocycles. The second-order valence-electron chi connectivity index (χ2n) is 9.20. The minimum atomic E-state index is -0.234. The van der Waals surface area contributed by atoms with Gasteiger partial charge in [0.15, 0.2) is 0 Å². The average molecular weight is 496 g/mol. The van der Waals surface area contributed by atoms with E-state index >= 15 is 0 Å². The molecule has 0 spiro atoms. The van der Waals surface area contributed by atoms with Gasteiger partial charge >= 0.3 is 0 Å². The van der Waals surface area contributed by atoms with Crippen molar-refractivity contribution in [2.45, 2.75) is 57.0 Å². The number of ketones is 1. The van der Waals surface area contributed by atoms with Crippen LogP contribution in [-0.4, -0.2) is 77.8 Å². The third-order valence-electron chi connectivity index (χ3n) is 7.19. The van der Waals surface area contributed by atoms with E-state index in [1.807, 2.05) is 19.1 Å². The summed E-state index contributed by atoms with van der Waals surface area (Å²) in [4.78, 5) is 29.9. The Labute approximate surface area is 208 Å². The lowest BCUT2D eigenvalue weighted by molar-refractivity contribution is -0.127. The molecule has 2 saturated heterocycles. The number of rotatable bonds is 13. The van der Waals surface area contributed by atoms with Crippen molar-refractivity contribution in [2.24, 2.45) is 5.92 Å². The molecule has 1 unspecified atom stereocenters. The SMILES string of the molecule is CCC(=O)[C@@H]1[C@H]2CCC(C[C@H]1c1ccc(F)cc1)N2CCCN(CCS)CC(=O)NCCS. The minimum absolute atomic E-state index is 0.0274. The van der Waals surface area contributed by atoms with Gasteiger partial charge in [-0.25, -0.2) is 4.39 Å². The van der Waals surface area contributed by atoms with Crippen LogP contribution in [0.5, 0.6) is 0 Å². The number of nitrogens with one attached hydrogen (secondary N) is 1. The Morgan fingerprint density at radius 3 is 2.58 bits per heavy atom. The van der Waals surface area contributed by atoms with Gasteiger partial charge in [0.25, 0.3) is 0 Å². The van der Waals surface area contributed by atoms with Crippen molar-refractivity contribution in [1.82, 2.24) is 15.1 Å². The molecule has 1 aromatic rings. The molecule has 0 radical (unpaired) electrons. The van der Waals surface area contributed by atoms with Gasteiger partial charge in [0, 0.05) is 49.0 Å². The topological polar surface area (TPSA) is 52.7 Å². The Bertz CT molecular complexity index is 779. The van der Waals surface area contributed by atoms with Gasteiger partial charge in [0.05, 0.1) is 6.54 Å². The number of piperidine rings is 1. The first kappa shape index (κ1) is 26.5. The lowest BCUT2D eigenvalue weighted by atomic mass is 9.73. The van der Waals surface area contributed by atoms with E-state index in [4.69, 9.17) is 0 Å². The van der Waals surface area contributed by atoms with Gasteiger partial charge in [0.1, 0.15) is 11.6 Å². The molecule has 2 heterocycles. The van der Waals surface area contributed by atoms with Gasteiger partial charge in [-0.05, 0) is 62.4 Å². The van der Waals surface area contributed by atoms with Gasteiger partial charge in [-0.15, -0.1) is 0 Å². The molecule has 0 aliphatic carbocycles. The first-order chi connectivity index (χ1) is 16.0. The average Bonchev–Trinajstić information content (AvgIpc) is 3.08. The molecule has 1 aromatic carbocycles. The number of carbonyl (C=O) groups is 2. The molecule has 1 N–H and O–H groups in total. The van der Waals surface area contributed by atoms with Gasteiger partial charge in [-0.1, -0.05) is 19.1 Å². The molecule has 8 heteroatoms. The predicted octanol–water partition coefficient (Wildman–Crippen LogP) is 3.41. The smallest absolute Gasteiger partial charge is 0.234 e. The lowest BCUT2D eigenvalue weighted by Gasteiger charge is -2.44. The standard InChI is InChI=1S/C25H38FN3O2S2/c1-2-23(30)25-21(18-4-6-19(26)7-5-18)16-20-8-9-22(25)29(20)12-3-11-28(13-15-33)17-24(31)27-10-14-32/h4-7,20-22,25,32-33H,2-3,8-17H2,1H3,(H,27,31)/t20?,21-,22+,25-/m0/s1. The summed E-state index contributed by atoms with van der Waals surface area (Å²) in [6.07, 6.45) is 4.60. The second kappa shape index (κ2) is 13.1. The Morgan fingerprint density at radius 2 is 1.91 bits per heavy atom. The number of halogens is 1. The van der Waals surface area contributed by atoms with E-state index < -0.39 is 0 Å². The summed E-state index contributed by atoms with van der Waals surface area (Å²) < 4.78 is 13.5. The third-order valence-corrected chi connectivity index (χ3v) is 7.61. The van der Waals surface area contributed by atoms with E-state index in [9.17, 15) is 14.0 Å². The van der Waals surface area contributed by atoms with Crippen LogP contribution in [0.3, 0.4) is 0 Å². The molecule has 4 atom stereocenters. The van der Waals surface area contributed by atoms with Crippen LogP contribution < -0.4 is 5.32 Å². The van der Waals surface area contributed by atoms with E-state index in [2.05, 4.69) is 40.4 Å². The zero-order chi connectivity index (χ0) is 23.8. The highest BCUT2D eigenvalue weighted by molar-refractivity contribution is 7.80. The maximum absolute atomic E-state index is 13.5. The van der Waals surface area contributed by atoms with E-state index in [1.165, 1.54) is 12.1 Å². The van der Waals surface area contributed by atoms with Crippen molar-refractivity contribution >= 4 is 36.9 Å². The minimum Gasteiger partial charge on any atom is -0.354 e. The summed E-state index contributed by atoms with van der Waals surface area (Å²) in [6.45, 7) is 5.44. The number of benzene rings is 1. The number of thiol groups is 2. The summed E-state index contributed by atoms with van der Waals surface area (Å²) >= 11 is 8.49. The Kier molecular flexibility index (Phi) is 10.5. The summed E-state index contributed by atoms with van der Waals surface area (Å²) in [7, 11) is 0. The number of hydrogen-bond acceptors (Lipinski definition) is 6. The van der Waals surface area contributed by atoms with Crippen LogP contribution in [0.25, 0.3) is 0 Å². The van der Waals surface area contributed by atoms with Gasteiger partial charge in [0.2, 0.25) is 5.91 Å². The largest absolute Gasteiger partial charge is 0.354 e. The molecule has 2 aliphatic heterocycles. The molecule has 2 aliphatic rings. The normalized spacial score (nSPS) is 24.9. The monoisotopic (exact) mass is 495 g/mol. The Hall–Kier alpha value is -1.09. The molecule has 0 aromatic heterocycles. The maximum Gasteiger partial charge on any atom is 0.234 e. The fraction of sp³-hybridized carbons (Fsp3) is 0.680. The van der Waals surface area contributed by atoms with E-state index in [-0.39, 0.29) is 29.6 Å². The van der Waals surface area contributed by atoms with E-state index in [0.29, 0.717) is 42.8 Å². The number of amides is 1. The molecule has 33 heavy (non-hydrogen) atoms. The Balaban J connectivity index is 1.63. The molecule has 184 valence electrons. The van der Waals surface area contributed by atoms with Gasteiger partial charge in [-0.3, -0.25) is 19.4 Å². The molecular weight excluding hydrogens is 457 g/mol. The van der Waals surface area contributed by atoms with Crippen LogP contribution in [0, 0.1) is 11.7 Å². The molecular formula is C25H38FN3O2S2. The maximum atomic E-state index is 13.5. The zero-order valence-corrected chi connectivity index (χ0v) is 21.4. The van der Waals surface area contributed by atoms with Crippen molar-refractivity contribution in [1.29, 1.82) is 0 Å². The fourth-order valence-corrected chi connectivity index (χ4v) is 6.13. The van der Waals surface area contributed by atoms with Crippen molar-refractivity contribution in [3.05, 3.63) is 35.6 Å². The van der Waals surface area contributed by atoms with Gasteiger partial charge in [-0.2, -0.15) is 25.3 Å². The first-order valence-corrected chi connectivity index (χ1v) is 13.5. The van der Waals surface area contributed by atoms with Crippen molar-refractivity contribution in [2.75, 3.05) is 44.2 Å². The van der Waals surface area contributed by atoms with Crippen LogP contribution >= 0.6 is 25.3 Å². The number of carbonyl (C=O) groups excluding carboxylic acids is 2. The molecule has 2 fully saturated rings. The van der Waals surface area contributed by atoms with Crippen molar-refractivity contribution in [3.8, 4) is 0 Å². The third kappa shape index (κ3) is 6.96. The van der Waals surface area contributed by atoms with Crippen molar-refractivity contribution in [3.63, 3.8) is 0 Å². The van der Waals surface area contributed by atoms with Crippen molar-refractivity contribution < 1.29 is 14.0 Å². The number of hydrogen-bond donors (Lipinski definition) is 3. The highest BCUT2D eigenvalue weighted by atomic mass is 32.1. The zero-order valence-electron chi connectivity index (χ0n) is 19.6. The van der Waals surface area contributed by atoms with Gasteiger partial charge < -0.3 is 5.32 Å². The summed E-state index contributed by atoms with van der Waals surface area (Å²) in [5.74, 6) is 1.59. The highest BCUT2D eigenvalue weighted by Crippen LogP contribution is 2.47. The summed E-state index contributed by atoms with van der Waals surface area (Å²) in [5.41, 5.74) is 1.09. The fourth-order valence-electron chi connectivity index (χ4n) is 5.73. The first-order valence-electron chi connectivity index (χ1n) is 12.2. The summed E-state index contributed by atoms with van der Waals surface area (Å²) in [5, 5.41) is 2.88. The molecule has 5 nitrogen and oxygen atoms in total.